The van der Waals surface area contributed by atoms with Crippen LogP contribution in [0, 0.1) is 0 Å². The number of rotatable bonds is 6. The van der Waals surface area contributed by atoms with Gasteiger partial charge in [0.2, 0.25) is 0 Å². The summed E-state index contributed by atoms with van der Waals surface area (Å²) in [7, 11) is 1.64. The number of hydrazone groups is 1. The molecule has 0 aliphatic heterocycles. The molecule has 0 atom stereocenters. The highest BCUT2D eigenvalue weighted by Crippen LogP contribution is 2.32. The smallest absolute Gasteiger partial charge is 0.128 e. The highest BCUT2D eigenvalue weighted by molar-refractivity contribution is 6.39. The lowest BCUT2D eigenvalue weighted by molar-refractivity contribution is 0.416. The minimum Gasteiger partial charge on any atom is -0.496 e. The van der Waals surface area contributed by atoms with Crippen LogP contribution >= 0.6 is 23.2 Å². The zero-order chi connectivity index (χ0) is 20.9. The number of hydrogen-bond acceptors (Lipinski definition) is 4. The van der Waals surface area contributed by atoms with E-state index < -0.39 is 0 Å². The van der Waals surface area contributed by atoms with Gasteiger partial charge in [-0.25, -0.2) is 4.68 Å². The van der Waals surface area contributed by atoms with Crippen LogP contribution in [0.5, 0.6) is 5.75 Å². The topological polar surface area (TPSA) is 51.4 Å². The van der Waals surface area contributed by atoms with Crippen LogP contribution in [0.25, 0.3) is 16.9 Å². The van der Waals surface area contributed by atoms with Crippen molar-refractivity contribution < 1.29 is 4.74 Å². The van der Waals surface area contributed by atoms with Crippen LogP contribution in [0.1, 0.15) is 5.56 Å². The van der Waals surface area contributed by atoms with Gasteiger partial charge in [0.05, 0.1) is 34.7 Å². The number of aromatic nitrogens is 2. The van der Waals surface area contributed by atoms with E-state index in [0.717, 1.165) is 28.3 Å². The highest BCUT2D eigenvalue weighted by Gasteiger charge is 2.15. The predicted octanol–water partition coefficient (Wildman–Crippen LogP) is 6.30. The number of ether oxygens (including phenoxy) is 1. The zero-order valence-corrected chi connectivity index (χ0v) is 17.6. The van der Waals surface area contributed by atoms with Gasteiger partial charge in [0.1, 0.15) is 11.4 Å². The minimum absolute atomic E-state index is 0.490. The van der Waals surface area contributed by atoms with Crippen molar-refractivity contribution in [2.24, 2.45) is 5.10 Å². The zero-order valence-electron chi connectivity index (χ0n) is 16.1. The number of nitrogens with one attached hydrogen (secondary N) is 1. The Bertz CT molecular complexity index is 1170. The Morgan fingerprint density at radius 3 is 2.37 bits per heavy atom. The lowest BCUT2D eigenvalue weighted by Gasteiger charge is -2.07. The second-order valence-electron chi connectivity index (χ2n) is 6.38. The molecule has 0 saturated heterocycles. The van der Waals surface area contributed by atoms with Crippen molar-refractivity contribution >= 4 is 35.1 Å². The lowest BCUT2D eigenvalue weighted by atomic mass is 10.1. The Morgan fingerprint density at radius 2 is 1.63 bits per heavy atom. The fourth-order valence-corrected chi connectivity index (χ4v) is 3.50. The van der Waals surface area contributed by atoms with Crippen molar-refractivity contribution in [2.75, 3.05) is 12.5 Å². The lowest BCUT2D eigenvalue weighted by Crippen LogP contribution is -1.95. The van der Waals surface area contributed by atoms with Gasteiger partial charge in [-0.05, 0) is 36.4 Å². The first-order chi connectivity index (χ1) is 14.7. The number of nitrogens with zero attached hydrogens (tertiary/aromatic N) is 3. The standard InChI is InChI=1S/C23H18Cl2N4O/c1-30-21-13-6-5-10-18(21)22-16(15-29(28-22)17-8-3-2-4-9-17)14-26-27-23-19(24)11-7-12-20(23)25/h2-15,27H,1H3/b26-14+. The van der Waals surface area contributed by atoms with Crippen molar-refractivity contribution in [3.63, 3.8) is 0 Å². The summed E-state index contributed by atoms with van der Waals surface area (Å²) in [5.74, 6) is 0.729. The van der Waals surface area contributed by atoms with Crippen LogP contribution in [0.15, 0.2) is 84.1 Å². The number of halogens is 2. The van der Waals surface area contributed by atoms with Gasteiger partial charge in [-0.2, -0.15) is 10.2 Å². The summed E-state index contributed by atoms with van der Waals surface area (Å²) in [6, 6.07) is 22.9. The first-order valence-corrected chi connectivity index (χ1v) is 9.94. The highest BCUT2D eigenvalue weighted by atomic mass is 35.5. The van der Waals surface area contributed by atoms with Crippen molar-refractivity contribution in [1.82, 2.24) is 9.78 Å². The molecule has 5 nitrogen and oxygen atoms in total. The molecule has 0 aliphatic carbocycles. The number of hydrogen-bond donors (Lipinski definition) is 1. The molecule has 1 N–H and O–H groups in total. The molecular formula is C23H18Cl2N4O. The Balaban J connectivity index is 1.75. The summed E-state index contributed by atoms with van der Waals surface area (Å²) < 4.78 is 7.34. The average molecular weight is 437 g/mol. The van der Waals surface area contributed by atoms with Crippen LogP contribution in [0.4, 0.5) is 5.69 Å². The van der Waals surface area contributed by atoms with E-state index in [9.17, 15) is 0 Å². The molecule has 1 heterocycles. The predicted molar refractivity (Wildman–Crippen MR) is 123 cm³/mol. The van der Waals surface area contributed by atoms with Gasteiger partial charge in [0.25, 0.3) is 0 Å². The second-order valence-corrected chi connectivity index (χ2v) is 7.19. The molecule has 0 unspecified atom stereocenters. The molecule has 4 rings (SSSR count). The largest absolute Gasteiger partial charge is 0.496 e. The van der Waals surface area contributed by atoms with Gasteiger partial charge in [0.15, 0.2) is 0 Å². The van der Waals surface area contributed by atoms with Crippen LogP contribution in [-0.4, -0.2) is 23.1 Å². The van der Waals surface area contributed by atoms with Crippen LogP contribution < -0.4 is 10.2 Å². The molecule has 0 bridgehead atoms. The Hall–Kier alpha value is -3.28. The Kier molecular flexibility index (Phi) is 6.02. The van der Waals surface area contributed by atoms with Crippen molar-refractivity contribution in [3.8, 4) is 22.7 Å². The quantitative estimate of drug-likeness (QED) is 0.285. The van der Waals surface area contributed by atoms with E-state index in [2.05, 4.69) is 10.5 Å². The van der Waals surface area contributed by atoms with E-state index in [0.29, 0.717) is 15.7 Å². The number of para-hydroxylation sites is 3. The minimum atomic E-state index is 0.490. The third-order valence-electron chi connectivity index (χ3n) is 4.47. The maximum absolute atomic E-state index is 6.21. The van der Waals surface area contributed by atoms with E-state index in [-0.39, 0.29) is 0 Å². The molecule has 0 radical (unpaired) electrons. The van der Waals surface area contributed by atoms with Crippen LogP contribution in [0.3, 0.4) is 0 Å². The van der Waals surface area contributed by atoms with E-state index in [1.807, 2.05) is 65.5 Å². The summed E-state index contributed by atoms with van der Waals surface area (Å²) in [6.45, 7) is 0. The summed E-state index contributed by atoms with van der Waals surface area (Å²) in [4.78, 5) is 0. The number of methoxy groups -OCH3 is 1. The van der Waals surface area contributed by atoms with Crippen molar-refractivity contribution in [1.29, 1.82) is 0 Å². The molecule has 0 saturated carbocycles. The van der Waals surface area contributed by atoms with Crippen LogP contribution in [-0.2, 0) is 0 Å². The molecule has 0 fully saturated rings. The molecule has 0 amide bonds. The summed E-state index contributed by atoms with van der Waals surface area (Å²) in [5, 5.41) is 10.1. The second kappa shape index (κ2) is 9.03. The average Bonchev–Trinajstić information content (AvgIpc) is 3.20. The SMILES string of the molecule is COc1ccccc1-c1nn(-c2ccccc2)cc1/C=N/Nc1c(Cl)cccc1Cl. The molecule has 4 aromatic rings. The maximum Gasteiger partial charge on any atom is 0.128 e. The first kappa shape index (κ1) is 20.0. The molecule has 150 valence electrons. The molecular weight excluding hydrogens is 419 g/mol. The number of benzene rings is 3. The van der Waals surface area contributed by atoms with Gasteiger partial charge in [-0.3, -0.25) is 5.43 Å². The third-order valence-corrected chi connectivity index (χ3v) is 5.10. The van der Waals surface area contributed by atoms with Crippen molar-refractivity contribution in [2.45, 2.75) is 0 Å². The van der Waals surface area contributed by atoms with Gasteiger partial charge < -0.3 is 4.74 Å². The summed E-state index contributed by atoms with van der Waals surface area (Å²) in [5.41, 5.74) is 6.83. The van der Waals surface area contributed by atoms with E-state index >= 15 is 0 Å². The molecule has 7 heteroatoms. The molecule has 30 heavy (non-hydrogen) atoms. The Labute approximate surface area is 184 Å². The van der Waals surface area contributed by atoms with E-state index in [1.54, 1.807) is 31.5 Å². The summed E-state index contributed by atoms with van der Waals surface area (Å²) >= 11 is 12.4. The van der Waals surface area contributed by atoms with Gasteiger partial charge >= 0.3 is 0 Å². The molecule has 3 aromatic carbocycles. The summed E-state index contributed by atoms with van der Waals surface area (Å²) in [6.07, 6.45) is 3.60. The third kappa shape index (κ3) is 4.17. The monoisotopic (exact) mass is 436 g/mol. The van der Waals surface area contributed by atoms with Gasteiger partial charge in [0, 0.05) is 17.3 Å². The van der Waals surface area contributed by atoms with Gasteiger partial charge in [-0.1, -0.05) is 59.6 Å². The van der Waals surface area contributed by atoms with E-state index in [4.69, 9.17) is 33.0 Å². The van der Waals surface area contributed by atoms with Gasteiger partial charge in [-0.15, -0.1) is 0 Å². The fraction of sp³-hybridized carbons (Fsp3) is 0.0435. The van der Waals surface area contributed by atoms with Crippen LogP contribution in [0.2, 0.25) is 10.0 Å². The normalized spacial score (nSPS) is 11.0. The first-order valence-electron chi connectivity index (χ1n) is 9.19. The Morgan fingerprint density at radius 1 is 0.933 bits per heavy atom. The molecule has 1 aromatic heterocycles. The van der Waals surface area contributed by atoms with E-state index in [1.165, 1.54) is 0 Å². The fourth-order valence-electron chi connectivity index (χ4n) is 3.02. The molecule has 0 aliphatic rings. The molecule has 0 spiro atoms. The van der Waals surface area contributed by atoms with Crippen molar-refractivity contribution in [3.05, 3.63) is 94.6 Å². The maximum atomic E-state index is 6.21. The number of anilines is 1.